The van der Waals surface area contributed by atoms with E-state index in [-0.39, 0.29) is 30.6 Å². The van der Waals surface area contributed by atoms with E-state index in [4.69, 9.17) is 4.74 Å². The third kappa shape index (κ3) is 5.01. The minimum absolute atomic E-state index is 0.107. The maximum atomic E-state index is 13.3. The van der Waals surface area contributed by atoms with Crippen LogP contribution in [0.5, 0.6) is 5.88 Å². The van der Waals surface area contributed by atoms with Crippen LogP contribution in [-0.4, -0.2) is 94.9 Å². The fourth-order valence-electron chi connectivity index (χ4n) is 4.61. The molecule has 1 aromatic carbocycles. The quantitative estimate of drug-likeness (QED) is 0.472. The first-order chi connectivity index (χ1) is 17.9. The first-order valence-corrected chi connectivity index (χ1v) is 13.6. The summed E-state index contributed by atoms with van der Waals surface area (Å²) in [7, 11) is -1.93. The number of hydrogen-bond donors (Lipinski definition) is 0. The molecule has 1 unspecified atom stereocenters. The number of aromatic nitrogens is 4. The summed E-state index contributed by atoms with van der Waals surface area (Å²) < 4.78 is 71.1. The summed E-state index contributed by atoms with van der Waals surface area (Å²) in [5, 5.41) is 9.53. The van der Waals surface area contributed by atoms with E-state index in [0.29, 0.717) is 35.4 Å². The lowest BCUT2D eigenvalue weighted by molar-refractivity contribution is -0.136. The van der Waals surface area contributed by atoms with Crippen molar-refractivity contribution in [2.45, 2.75) is 30.0 Å². The number of fused-ring (bicyclic) bond motifs is 1. The Morgan fingerprint density at radius 1 is 1.11 bits per heavy atom. The standard InChI is InChI=1S/C23H24F3N7O4S/c1-31-12-18(19(30-31)23(24,25)26)22(34)32-9-7-15(8-10-32)37-21-17-11-29-33(20(17)27-13-28-21)14-3-5-16(6-4-14)38(2,35)36/h3-6,11,13,15,18H,7-10,12H2,1-2H3. The number of alkyl halides is 3. The van der Waals surface area contributed by atoms with Gasteiger partial charge in [0.2, 0.25) is 11.8 Å². The largest absolute Gasteiger partial charge is 0.474 e. The van der Waals surface area contributed by atoms with Crippen LogP contribution in [0.15, 0.2) is 46.8 Å². The van der Waals surface area contributed by atoms with Gasteiger partial charge in [-0.2, -0.15) is 23.4 Å². The van der Waals surface area contributed by atoms with Crippen LogP contribution in [0.1, 0.15) is 12.8 Å². The number of hydrogen-bond acceptors (Lipinski definition) is 9. The Hall–Kier alpha value is -3.75. The van der Waals surface area contributed by atoms with Crippen molar-refractivity contribution in [3.63, 3.8) is 0 Å². The van der Waals surface area contributed by atoms with Gasteiger partial charge in [-0.3, -0.25) is 9.80 Å². The average molecular weight is 552 g/mol. The summed E-state index contributed by atoms with van der Waals surface area (Å²) in [4.78, 5) is 23.0. The van der Waals surface area contributed by atoms with Crippen molar-refractivity contribution in [1.82, 2.24) is 29.7 Å². The number of carbonyl (C=O) groups excluding carboxylic acids is 1. The molecule has 0 N–H and O–H groups in total. The van der Waals surface area contributed by atoms with E-state index < -0.39 is 33.6 Å². The van der Waals surface area contributed by atoms with Crippen molar-refractivity contribution in [3.05, 3.63) is 36.8 Å². The van der Waals surface area contributed by atoms with Gasteiger partial charge in [0.15, 0.2) is 21.2 Å². The van der Waals surface area contributed by atoms with Crippen LogP contribution < -0.4 is 4.74 Å². The maximum Gasteiger partial charge on any atom is 0.432 e. The molecular formula is C23H24F3N7O4S. The molecule has 0 radical (unpaired) electrons. The number of likely N-dealkylation sites (tertiary alicyclic amines) is 1. The van der Waals surface area contributed by atoms with Crippen molar-refractivity contribution in [1.29, 1.82) is 0 Å². The zero-order valence-electron chi connectivity index (χ0n) is 20.5. The Morgan fingerprint density at radius 3 is 2.42 bits per heavy atom. The van der Waals surface area contributed by atoms with Crippen molar-refractivity contribution in [3.8, 4) is 11.6 Å². The van der Waals surface area contributed by atoms with E-state index in [0.717, 1.165) is 11.3 Å². The highest BCUT2D eigenvalue weighted by molar-refractivity contribution is 7.90. The fraction of sp³-hybridized carbons (Fsp3) is 0.435. The van der Waals surface area contributed by atoms with E-state index >= 15 is 0 Å². The number of benzene rings is 1. The monoisotopic (exact) mass is 551 g/mol. The minimum atomic E-state index is -4.66. The summed E-state index contributed by atoms with van der Waals surface area (Å²) >= 11 is 0. The molecule has 1 amide bonds. The third-order valence-electron chi connectivity index (χ3n) is 6.51. The number of ether oxygens (including phenoxy) is 1. The van der Waals surface area contributed by atoms with Gasteiger partial charge in [-0.1, -0.05) is 0 Å². The molecule has 4 heterocycles. The summed E-state index contributed by atoms with van der Waals surface area (Å²) in [6.07, 6.45) is -0.138. The fourth-order valence-corrected chi connectivity index (χ4v) is 5.24. The summed E-state index contributed by atoms with van der Waals surface area (Å²) in [6.45, 7) is 0.383. The summed E-state index contributed by atoms with van der Waals surface area (Å²) in [6, 6.07) is 6.21. The molecule has 15 heteroatoms. The molecule has 0 spiro atoms. The minimum Gasteiger partial charge on any atom is -0.474 e. The second-order valence-electron chi connectivity index (χ2n) is 9.26. The zero-order chi connectivity index (χ0) is 27.2. The van der Waals surface area contributed by atoms with E-state index in [1.807, 2.05) is 0 Å². The molecule has 3 aromatic rings. The number of hydrazone groups is 1. The van der Waals surface area contributed by atoms with E-state index in [1.54, 1.807) is 18.3 Å². The van der Waals surface area contributed by atoms with Crippen LogP contribution in [0.2, 0.25) is 0 Å². The number of sulfone groups is 1. The van der Waals surface area contributed by atoms with Gasteiger partial charge in [0.05, 0.1) is 23.3 Å². The van der Waals surface area contributed by atoms with Gasteiger partial charge in [0, 0.05) is 39.2 Å². The molecule has 2 aliphatic rings. The lowest BCUT2D eigenvalue weighted by Gasteiger charge is -2.33. The predicted octanol–water partition coefficient (Wildman–Crippen LogP) is 2.07. The second kappa shape index (κ2) is 9.53. The van der Waals surface area contributed by atoms with E-state index in [9.17, 15) is 26.4 Å². The lowest BCUT2D eigenvalue weighted by Crippen LogP contribution is -2.48. The van der Waals surface area contributed by atoms with E-state index in [1.165, 1.54) is 35.1 Å². The number of amides is 1. The highest BCUT2D eigenvalue weighted by Gasteiger charge is 2.49. The Balaban J connectivity index is 1.26. The number of carbonyl (C=O) groups is 1. The molecule has 0 aliphatic carbocycles. The Kier molecular flexibility index (Phi) is 6.49. The molecule has 11 nitrogen and oxygen atoms in total. The van der Waals surface area contributed by atoms with Crippen LogP contribution in [-0.2, 0) is 14.6 Å². The van der Waals surface area contributed by atoms with Crippen LogP contribution in [0, 0.1) is 5.92 Å². The topological polar surface area (TPSA) is 123 Å². The number of rotatable bonds is 5. The Morgan fingerprint density at radius 2 is 1.79 bits per heavy atom. The highest BCUT2D eigenvalue weighted by Crippen LogP contribution is 2.30. The first kappa shape index (κ1) is 25.9. The number of nitrogens with zero attached hydrogens (tertiary/aromatic N) is 7. The predicted molar refractivity (Wildman–Crippen MR) is 130 cm³/mol. The molecular weight excluding hydrogens is 527 g/mol. The van der Waals surface area contributed by atoms with Gasteiger partial charge in [-0.25, -0.2) is 23.1 Å². The number of piperidine rings is 1. The molecule has 1 fully saturated rings. The van der Waals surface area contributed by atoms with Gasteiger partial charge in [-0.05, 0) is 24.3 Å². The SMILES string of the molecule is CN1CC(C(=O)N2CCC(Oc3ncnc4c3cnn4-c3ccc(S(C)(=O)=O)cc3)CC2)C(C(F)(F)F)=N1. The molecule has 0 saturated carbocycles. The van der Waals surface area contributed by atoms with Gasteiger partial charge < -0.3 is 9.64 Å². The lowest BCUT2D eigenvalue weighted by atomic mass is 9.99. The van der Waals surface area contributed by atoms with Crippen molar-refractivity contribution >= 4 is 32.5 Å². The molecule has 1 atom stereocenters. The number of halogens is 3. The highest BCUT2D eigenvalue weighted by atomic mass is 32.2. The van der Waals surface area contributed by atoms with Crippen LogP contribution in [0.4, 0.5) is 13.2 Å². The molecule has 0 bridgehead atoms. The zero-order valence-corrected chi connectivity index (χ0v) is 21.3. The molecule has 5 rings (SSSR count). The molecule has 1 saturated heterocycles. The summed E-state index contributed by atoms with van der Waals surface area (Å²) in [5.74, 6) is -1.63. The van der Waals surface area contributed by atoms with Gasteiger partial charge in [0.1, 0.15) is 23.7 Å². The van der Waals surface area contributed by atoms with Crippen LogP contribution in [0.25, 0.3) is 16.7 Å². The Bertz CT molecular complexity index is 1500. The van der Waals surface area contributed by atoms with Crippen molar-refractivity contribution in [2.75, 3.05) is 32.9 Å². The van der Waals surface area contributed by atoms with Gasteiger partial charge in [-0.15, -0.1) is 0 Å². The van der Waals surface area contributed by atoms with Crippen LogP contribution >= 0.6 is 0 Å². The molecule has 202 valence electrons. The maximum absolute atomic E-state index is 13.3. The Labute approximate surface area is 215 Å². The van der Waals surface area contributed by atoms with Crippen molar-refractivity contribution < 1.29 is 31.1 Å². The van der Waals surface area contributed by atoms with Gasteiger partial charge in [0.25, 0.3) is 0 Å². The normalized spacial score (nSPS) is 19.2. The second-order valence-corrected chi connectivity index (χ2v) is 11.3. The van der Waals surface area contributed by atoms with Crippen LogP contribution in [0.3, 0.4) is 0 Å². The average Bonchev–Trinajstić information content (AvgIpc) is 3.48. The summed E-state index contributed by atoms with van der Waals surface area (Å²) in [5.41, 5.74) is -0.00282. The van der Waals surface area contributed by atoms with E-state index in [2.05, 4.69) is 20.2 Å². The molecule has 2 aromatic heterocycles. The first-order valence-electron chi connectivity index (χ1n) is 11.7. The third-order valence-corrected chi connectivity index (χ3v) is 7.64. The molecule has 2 aliphatic heterocycles. The van der Waals surface area contributed by atoms with Crippen molar-refractivity contribution in [2.24, 2.45) is 11.0 Å². The smallest absolute Gasteiger partial charge is 0.432 e. The van der Waals surface area contributed by atoms with Gasteiger partial charge >= 0.3 is 6.18 Å². The molecule has 38 heavy (non-hydrogen) atoms.